The van der Waals surface area contributed by atoms with Gasteiger partial charge in [0.25, 0.3) is 5.91 Å². The lowest BCUT2D eigenvalue weighted by atomic mass is 9.85. The number of likely N-dealkylation sites (N-methyl/N-ethyl adjacent to an activating group) is 1. The Balaban J connectivity index is 1.72. The van der Waals surface area contributed by atoms with Crippen LogP contribution in [0.3, 0.4) is 0 Å². The molecule has 1 aromatic rings. The number of piperidine rings is 1. The standard InChI is InChI=1S/C36H54N6O8/c1-11-15-23(28(44)31(46)37-18-24(43)39-26(32(47)41(9)10)21-16-13-12-14-17-21)38-30(45)27-25-22(36(25,7)8)19-42(27)33(48)29(35(4,5)6)40-34(49)50-20(2)3/h12-14,16-17,20,22-23,25-27,29H,11,15,18-19H2,1-10H3,(H,37,46)(H,38,45)(H,39,43)(H,40,49)/t22-,23?,25-,26+,27+,29-/m1/s1. The van der Waals surface area contributed by atoms with Crippen LogP contribution in [0.4, 0.5) is 4.79 Å². The fourth-order valence-corrected chi connectivity index (χ4v) is 6.62. The number of alkyl carbamates (subject to hydrolysis) is 1. The molecule has 0 bridgehead atoms. The van der Waals surface area contributed by atoms with E-state index in [0.717, 1.165) is 0 Å². The maximum atomic E-state index is 14.0. The summed E-state index contributed by atoms with van der Waals surface area (Å²) in [6, 6.07) is 4.48. The Labute approximate surface area is 294 Å². The highest BCUT2D eigenvalue weighted by molar-refractivity contribution is 6.38. The molecule has 1 aromatic carbocycles. The topological polar surface area (TPSA) is 183 Å². The highest BCUT2D eigenvalue weighted by Gasteiger charge is 2.70. The molecule has 1 saturated heterocycles. The summed E-state index contributed by atoms with van der Waals surface area (Å²) in [5.41, 5.74) is -0.406. The van der Waals surface area contributed by atoms with Crippen molar-refractivity contribution in [3.8, 4) is 0 Å². The van der Waals surface area contributed by atoms with Gasteiger partial charge in [-0.2, -0.15) is 0 Å². The molecule has 0 aromatic heterocycles. The molecule has 50 heavy (non-hydrogen) atoms. The summed E-state index contributed by atoms with van der Waals surface area (Å²) in [6.07, 6.45) is -0.549. The summed E-state index contributed by atoms with van der Waals surface area (Å²) in [5, 5.41) is 10.3. The Kier molecular flexibility index (Phi) is 12.8. The van der Waals surface area contributed by atoms with Crippen LogP contribution in [0, 0.1) is 22.7 Å². The number of Topliss-reactive ketones (excluding diaryl/α,β-unsaturated/α-hetero) is 1. The van der Waals surface area contributed by atoms with E-state index in [0.29, 0.717) is 18.5 Å². The Morgan fingerprint density at radius 2 is 1.60 bits per heavy atom. The second-order valence-electron chi connectivity index (χ2n) is 15.3. The van der Waals surface area contributed by atoms with Crippen LogP contribution in [0.1, 0.15) is 79.8 Å². The van der Waals surface area contributed by atoms with Gasteiger partial charge in [-0.3, -0.25) is 28.8 Å². The molecule has 0 spiro atoms. The Bertz CT molecular complexity index is 1450. The number of nitrogens with one attached hydrogen (secondary N) is 4. The molecular weight excluding hydrogens is 644 g/mol. The van der Waals surface area contributed by atoms with Gasteiger partial charge in [0.2, 0.25) is 29.4 Å². The smallest absolute Gasteiger partial charge is 0.408 e. The molecule has 1 aliphatic carbocycles. The average molecular weight is 699 g/mol. The first kappa shape index (κ1) is 39.9. The first-order valence-corrected chi connectivity index (χ1v) is 17.2. The van der Waals surface area contributed by atoms with Gasteiger partial charge in [0.05, 0.1) is 18.7 Å². The number of carbonyl (C=O) groups is 7. The molecule has 2 aliphatic rings. The van der Waals surface area contributed by atoms with Crippen molar-refractivity contribution < 1.29 is 38.3 Å². The maximum absolute atomic E-state index is 14.0. The highest BCUT2D eigenvalue weighted by atomic mass is 16.6. The van der Waals surface area contributed by atoms with E-state index in [1.165, 1.54) is 9.80 Å². The third-order valence-electron chi connectivity index (χ3n) is 9.45. The van der Waals surface area contributed by atoms with Crippen molar-refractivity contribution in [2.75, 3.05) is 27.2 Å². The third kappa shape index (κ3) is 9.39. The van der Waals surface area contributed by atoms with Crippen LogP contribution in [0.2, 0.25) is 0 Å². The quantitative estimate of drug-likeness (QED) is 0.213. The molecule has 6 amide bonds. The van der Waals surface area contributed by atoms with E-state index in [1.807, 2.05) is 13.8 Å². The minimum absolute atomic E-state index is 0.0339. The van der Waals surface area contributed by atoms with Gasteiger partial charge in [0.1, 0.15) is 18.1 Å². The van der Waals surface area contributed by atoms with Crippen LogP contribution in [-0.4, -0.2) is 103 Å². The van der Waals surface area contributed by atoms with Gasteiger partial charge in [-0.15, -0.1) is 0 Å². The first-order valence-electron chi connectivity index (χ1n) is 17.2. The summed E-state index contributed by atoms with van der Waals surface area (Å²) in [7, 11) is 3.11. The normalized spacial score (nSPS) is 20.8. The lowest BCUT2D eigenvalue weighted by Gasteiger charge is -2.37. The summed E-state index contributed by atoms with van der Waals surface area (Å²) in [4.78, 5) is 95.3. The van der Waals surface area contributed by atoms with Gasteiger partial charge in [-0.1, -0.05) is 78.3 Å². The van der Waals surface area contributed by atoms with Crippen molar-refractivity contribution >= 4 is 41.4 Å². The highest BCUT2D eigenvalue weighted by Crippen LogP contribution is 2.65. The average Bonchev–Trinajstić information content (AvgIpc) is 3.33. The predicted molar refractivity (Wildman–Crippen MR) is 185 cm³/mol. The van der Waals surface area contributed by atoms with Crippen LogP contribution < -0.4 is 21.3 Å². The van der Waals surface area contributed by atoms with Crippen LogP contribution in [0.15, 0.2) is 30.3 Å². The van der Waals surface area contributed by atoms with E-state index in [2.05, 4.69) is 21.3 Å². The van der Waals surface area contributed by atoms with Crippen LogP contribution in [0.5, 0.6) is 0 Å². The lowest BCUT2D eigenvalue weighted by Crippen LogP contribution is -2.60. The molecule has 6 atom stereocenters. The number of hydrogen-bond acceptors (Lipinski definition) is 8. The van der Waals surface area contributed by atoms with E-state index in [4.69, 9.17) is 4.74 Å². The molecule has 1 aliphatic heterocycles. The molecule has 4 N–H and O–H groups in total. The fraction of sp³-hybridized carbons (Fsp3) is 0.639. The van der Waals surface area contributed by atoms with Gasteiger partial charge in [-0.25, -0.2) is 4.79 Å². The van der Waals surface area contributed by atoms with Crippen molar-refractivity contribution in [1.29, 1.82) is 0 Å². The van der Waals surface area contributed by atoms with Crippen molar-refractivity contribution in [3.05, 3.63) is 35.9 Å². The van der Waals surface area contributed by atoms with Gasteiger partial charge in [0, 0.05) is 20.6 Å². The number of nitrogens with zero attached hydrogens (tertiary/aromatic N) is 2. The van der Waals surface area contributed by atoms with E-state index < -0.39 is 77.7 Å². The van der Waals surface area contributed by atoms with Crippen LogP contribution >= 0.6 is 0 Å². The minimum atomic E-state index is -1.21. The number of likely N-dealkylation sites (tertiary alicyclic amines) is 1. The number of amides is 6. The summed E-state index contributed by atoms with van der Waals surface area (Å²) >= 11 is 0. The zero-order valence-corrected chi connectivity index (χ0v) is 30.9. The summed E-state index contributed by atoms with van der Waals surface area (Å²) in [6.45, 7) is 14.4. The molecule has 1 unspecified atom stereocenters. The third-order valence-corrected chi connectivity index (χ3v) is 9.45. The van der Waals surface area contributed by atoms with Crippen LogP contribution in [-0.2, 0) is 33.5 Å². The number of ether oxygens (including phenoxy) is 1. The molecule has 0 radical (unpaired) electrons. The molecule has 14 heteroatoms. The Morgan fingerprint density at radius 3 is 2.14 bits per heavy atom. The number of rotatable bonds is 14. The van der Waals surface area contributed by atoms with Crippen LogP contribution in [0.25, 0.3) is 0 Å². The molecule has 276 valence electrons. The molecule has 2 fully saturated rings. The van der Waals surface area contributed by atoms with Gasteiger partial charge in [-0.05, 0) is 48.5 Å². The molecule has 1 heterocycles. The van der Waals surface area contributed by atoms with Crippen molar-refractivity contribution in [2.24, 2.45) is 22.7 Å². The Hall–Kier alpha value is -4.49. The van der Waals surface area contributed by atoms with Crippen molar-refractivity contribution in [2.45, 2.75) is 98.5 Å². The second kappa shape index (κ2) is 16.0. The van der Waals surface area contributed by atoms with E-state index in [-0.39, 0.29) is 29.6 Å². The molecular formula is C36H54N6O8. The number of carbonyl (C=O) groups excluding carboxylic acids is 7. The first-order chi connectivity index (χ1) is 23.2. The number of hydrogen-bond donors (Lipinski definition) is 4. The Morgan fingerprint density at radius 1 is 0.980 bits per heavy atom. The lowest BCUT2D eigenvalue weighted by molar-refractivity contribution is -0.145. The number of fused-ring (bicyclic) bond motifs is 1. The largest absolute Gasteiger partial charge is 0.447 e. The zero-order chi connectivity index (χ0) is 37.7. The van der Waals surface area contributed by atoms with Gasteiger partial charge in [0.15, 0.2) is 0 Å². The monoisotopic (exact) mass is 698 g/mol. The van der Waals surface area contributed by atoms with Crippen molar-refractivity contribution in [1.82, 2.24) is 31.1 Å². The van der Waals surface area contributed by atoms with Gasteiger partial charge >= 0.3 is 6.09 Å². The fourth-order valence-electron chi connectivity index (χ4n) is 6.62. The minimum Gasteiger partial charge on any atom is -0.447 e. The van der Waals surface area contributed by atoms with E-state index in [9.17, 15) is 33.6 Å². The second-order valence-corrected chi connectivity index (χ2v) is 15.3. The van der Waals surface area contributed by atoms with Crippen molar-refractivity contribution in [3.63, 3.8) is 0 Å². The van der Waals surface area contributed by atoms with E-state index in [1.54, 1.807) is 86.0 Å². The summed E-state index contributed by atoms with van der Waals surface area (Å²) < 4.78 is 5.23. The summed E-state index contributed by atoms with van der Waals surface area (Å²) in [5.74, 6) is -4.24. The molecule has 14 nitrogen and oxygen atoms in total. The number of benzene rings is 1. The predicted octanol–water partition coefficient (Wildman–Crippen LogP) is 1.93. The molecule has 3 rings (SSSR count). The SMILES string of the molecule is CCCC(NC(=O)[C@@H]1[C@H]2[C@@H](CN1C(=O)[C@@H](NC(=O)OC(C)C)C(C)(C)C)C2(C)C)C(=O)C(=O)NCC(=O)N[C@H](C(=O)N(C)C)c1ccccc1. The molecule has 1 saturated carbocycles. The maximum Gasteiger partial charge on any atom is 0.408 e. The van der Waals surface area contributed by atoms with Gasteiger partial charge < -0.3 is 35.8 Å². The number of ketones is 1. The van der Waals surface area contributed by atoms with E-state index >= 15 is 0 Å². The zero-order valence-electron chi connectivity index (χ0n) is 30.9.